The van der Waals surface area contributed by atoms with Gasteiger partial charge in [0.05, 0.1) is 6.61 Å². The monoisotopic (exact) mass is 285 g/mol. The first-order valence-corrected chi connectivity index (χ1v) is 6.17. The zero-order valence-electron chi connectivity index (χ0n) is 10.6. The molecule has 1 rings (SSSR count). The highest BCUT2D eigenvalue weighted by atomic mass is 35.5. The van der Waals surface area contributed by atoms with Gasteiger partial charge in [0, 0.05) is 23.8 Å². The molecule has 1 aromatic rings. The molecule has 7 heteroatoms. The predicted octanol–water partition coefficient (Wildman–Crippen LogP) is 2.29. The molecule has 6 nitrogen and oxygen atoms in total. The number of imide groups is 1. The van der Waals surface area contributed by atoms with Crippen molar-refractivity contribution in [3.8, 4) is 0 Å². The molecule has 1 aromatic carbocycles. The van der Waals surface area contributed by atoms with Gasteiger partial charge in [-0.2, -0.15) is 0 Å². The van der Waals surface area contributed by atoms with Gasteiger partial charge in [-0.05, 0) is 31.2 Å². The van der Waals surface area contributed by atoms with Crippen molar-refractivity contribution in [1.82, 2.24) is 4.90 Å². The topological polar surface area (TPSA) is 84.7 Å². The van der Waals surface area contributed by atoms with Crippen molar-refractivity contribution in [3.63, 3.8) is 0 Å². The molecule has 0 heterocycles. The number of halogens is 1. The molecule has 0 aliphatic carbocycles. The fourth-order valence-corrected chi connectivity index (χ4v) is 1.46. The molecule has 0 fully saturated rings. The number of amides is 3. The third-order valence-corrected chi connectivity index (χ3v) is 2.43. The van der Waals surface area contributed by atoms with Gasteiger partial charge in [0.25, 0.3) is 0 Å². The first-order chi connectivity index (χ1) is 9.08. The second-order valence-electron chi connectivity index (χ2n) is 3.58. The molecule has 3 N–H and O–H groups in total. The van der Waals surface area contributed by atoms with E-state index in [9.17, 15) is 9.59 Å². The van der Waals surface area contributed by atoms with E-state index in [4.69, 9.17) is 22.1 Å². The van der Waals surface area contributed by atoms with E-state index in [2.05, 4.69) is 5.32 Å². The van der Waals surface area contributed by atoms with Crippen LogP contribution >= 0.6 is 11.6 Å². The molecule has 0 atom stereocenters. The Hall–Kier alpha value is -1.79. The number of hydrogen-bond donors (Lipinski definition) is 2. The van der Waals surface area contributed by atoms with Crippen molar-refractivity contribution >= 4 is 29.4 Å². The second-order valence-corrected chi connectivity index (χ2v) is 4.01. The molecule has 0 radical (unpaired) electrons. The maximum absolute atomic E-state index is 11.9. The van der Waals surface area contributed by atoms with Crippen molar-refractivity contribution in [2.75, 3.05) is 25.0 Å². The lowest BCUT2D eigenvalue weighted by Gasteiger charge is -2.19. The third-order valence-electron chi connectivity index (χ3n) is 2.18. The van der Waals surface area contributed by atoms with Gasteiger partial charge in [-0.15, -0.1) is 0 Å². The zero-order chi connectivity index (χ0) is 14.3. The van der Waals surface area contributed by atoms with Crippen LogP contribution in [0.25, 0.3) is 0 Å². The highest BCUT2D eigenvalue weighted by molar-refractivity contribution is 6.30. The summed E-state index contributed by atoms with van der Waals surface area (Å²) in [6, 6.07) is 5.94. The summed E-state index contributed by atoms with van der Waals surface area (Å²) in [6.45, 7) is 2.09. The number of anilines is 1. The minimum absolute atomic E-state index is 0.0816. The van der Waals surface area contributed by atoms with Crippen molar-refractivity contribution in [2.45, 2.75) is 6.92 Å². The van der Waals surface area contributed by atoms with Gasteiger partial charge in [-0.25, -0.2) is 14.5 Å². The van der Waals surface area contributed by atoms with Crippen molar-refractivity contribution in [1.29, 1.82) is 0 Å². The van der Waals surface area contributed by atoms with Gasteiger partial charge in [-0.3, -0.25) is 0 Å². The van der Waals surface area contributed by atoms with Gasteiger partial charge < -0.3 is 15.8 Å². The summed E-state index contributed by atoms with van der Waals surface area (Å²) in [7, 11) is 0. The number of nitrogens with one attached hydrogen (secondary N) is 1. The molecule has 0 bridgehead atoms. The number of ether oxygens (including phenoxy) is 1. The van der Waals surface area contributed by atoms with Gasteiger partial charge >= 0.3 is 12.1 Å². The number of carbonyl (C=O) groups is 2. The standard InChI is InChI=1S/C12H16ClN3O3/c1-2-19-12(18)16(8-7-14)11(17)15-10-5-3-9(13)4-6-10/h3-6H,2,7-8,14H2,1H3,(H,15,17). The van der Waals surface area contributed by atoms with E-state index in [0.717, 1.165) is 4.90 Å². The molecule has 104 valence electrons. The average Bonchev–Trinajstić information content (AvgIpc) is 2.38. The Morgan fingerprint density at radius 1 is 1.37 bits per heavy atom. The number of nitrogens with two attached hydrogens (primary N) is 1. The van der Waals surface area contributed by atoms with Crippen LogP contribution in [0.1, 0.15) is 6.92 Å². The number of rotatable bonds is 4. The van der Waals surface area contributed by atoms with Crippen LogP contribution in [0.2, 0.25) is 5.02 Å². The molecule has 0 aromatic heterocycles. The molecular weight excluding hydrogens is 270 g/mol. The Labute approximate surface area is 116 Å². The maximum Gasteiger partial charge on any atom is 0.418 e. The molecule has 0 aliphatic heterocycles. The molecule has 0 saturated heterocycles. The summed E-state index contributed by atoms with van der Waals surface area (Å²) in [5, 5.41) is 3.12. The summed E-state index contributed by atoms with van der Waals surface area (Å²) >= 11 is 5.74. The van der Waals surface area contributed by atoms with Crippen molar-refractivity contribution in [2.24, 2.45) is 5.73 Å². The highest BCUT2D eigenvalue weighted by Crippen LogP contribution is 2.14. The Morgan fingerprint density at radius 2 is 2.00 bits per heavy atom. The molecule has 3 amide bonds. The molecule has 19 heavy (non-hydrogen) atoms. The van der Waals surface area contributed by atoms with Crippen LogP contribution in [-0.4, -0.2) is 36.7 Å². The van der Waals surface area contributed by atoms with Crippen LogP contribution in [0.15, 0.2) is 24.3 Å². The van der Waals surface area contributed by atoms with Crippen LogP contribution in [0, 0.1) is 0 Å². The third kappa shape index (κ3) is 4.76. The van der Waals surface area contributed by atoms with E-state index in [1.807, 2.05) is 0 Å². The zero-order valence-corrected chi connectivity index (χ0v) is 11.3. The quantitative estimate of drug-likeness (QED) is 0.889. The van der Waals surface area contributed by atoms with E-state index in [1.54, 1.807) is 31.2 Å². The lowest BCUT2D eigenvalue weighted by atomic mass is 10.3. The lowest BCUT2D eigenvalue weighted by molar-refractivity contribution is 0.118. The van der Waals surface area contributed by atoms with Gasteiger partial charge in [0.2, 0.25) is 0 Å². The van der Waals surface area contributed by atoms with Crippen LogP contribution in [0.3, 0.4) is 0 Å². The summed E-state index contributed by atoms with van der Waals surface area (Å²) in [4.78, 5) is 24.4. The largest absolute Gasteiger partial charge is 0.449 e. The average molecular weight is 286 g/mol. The number of nitrogens with zero attached hydrogens (tertiary/aromatic N) is 1. The van der Waals surface area contributed by atoms with Crippen molar-refractivity contribution in [3.05, 3.63) is 29.3 Å². The highest BCUT2D eigenvalue weighted by Gasteiger charge is 2.21. The van der Waals surface area contributed by atoms with Crippen molar-refractivity contribution < 1.29 is 14.3 Å². The summed E-state index contributed by atoms with van der Waals surface area (Å²) in [5.41, 5.74) is 5.90. The van der Waals surface area contributed by atoms with E-state index >= 15 is 0 Å². The smallest absolute Gasteiger partial charge is 0.418 e. The van der Waals surface area contributed by atoms with Crippen LogP contribution < -0.4 is 11.1 Å². The SMILES string of the molecule is CCOC(=O)N(CCN)C(=O)Nc1ccc(Cl)cc1. The minimum Gasteiger partial charge on any atom is -0.449 e. The van der Waals surface area contributed by atoms with E-state index < -0.39 is 12.1 Å². The summed E-state index contributed by atoms with van der Waals surface area (Å²) < 4.78 is 4.78. The van der Waals surface area contributed by atoms with Crippen LogP contribution in [-0.2, 0) is 4.74 Å². The van der Waals surface area contributed by atoms with E-state index in [0.29, 0.717) is 10.7 Å². The van der Waals surface area contributed by atoms with Gasteiger partial charge in [-0.1, -0.05) is 11.6 Å². The Morgan fingerprint density at radius 3 is 2.53 bits per heavy atom. The normalized spacial score (nSPS) is 9.84. The van der Waals surface area contributed by atoms with E-state index in [-0.39, 0.29) is 19.7 Å². The Kier molecular flexibility index (Phi) is 6.11. The fourth-order valence-electron chi connectivity index (χ4n) is 1.33. The molecule has 0 saturated carbocycles. The number of hydrogen-bond acceptors (Lipinski definition) is 4. The summed E-state index contributed by atoms with van der Waals surface area (Å²) in [6.07, 6.45) is -0.723. The van der Waals surface area contributed by atoms with Crippen LogP contribution in [0.5, 0.6) is 0 Å². The lowest BCUT2D eigenvalue weighted by Crippen LogP contribution is -2.43. The molecule has 0 aliphatic rings. The van der Waals surface area contributed by atoms with Gasteiger partial charge in [0.15, 0.2) is 0 Å². The first-order valence-electron chi connectivity index (χ1n) is 5.79. The van der Waals surface area contributed by atoms with Crippen LogP contribution in [0.4, 0.5) is 15.3 Å². The fraction of sp³-hybridized carbons (Fsp3) is 0.333. The summed E-state index contributed by atoms with van der Waals surface area (Å²) in [5.74, 6) is 0. The maximum atomic E-state index is 11.9. The second kappa shape index (κ2) is 7.60. The molecular formula is C12H16ClN3O3. The number of carbonyl (C=O) groups excluding carboxylic acids is 2. The number of urea groups is 1. The predicted molar refractivity (Wildman–Crippen MR) is 73.3 cm³/mol. The Balaban J connectivity index is 2.71. The number of benzene rings is 1. The minimum atomic E-state index is -0.723. The first kappa shape index (κ1) is 15.3. The van der Waals surface area contributed by atoms with Gasteiger partial charge in [0.1, 0.15) is 0 Å². The molecule has 0 unspecified atom stereocenters. The molecule has 0 spiro atoms. The van der Waals surface area contributed by atoms with E-state index in [1.165, 1.54) is 0 Å². The Bertz CT molecular complexity index is 436.